The Morgan fingerprint density at radius 2 is 2.36 bits per heavy atom. The molecule has 1 heterocycles. The van der Waals surface area contributed by atoms with E-state index in [-0.39, 0.29) is 0 Å². The molecule has 1 aromatic carbocycles. The van der Waals surface area contributed by atoms with Crippen LogP contribution in [-0.4, -0.2) is 7.11 Å². The fourth-order valence-corrected chi connectivity index (χ4v) is 1.93. The van der Waals surface area contributed by atoms with Gasteiger partial charge in [0.2, 0.25) is 0 Å². The molecule has 0 amide bonds. The van der Waals surface area contributed by atoms with E-state index in [1.165, 1.54) is 11.1 Å². The minimum atomic E-state index is 0.416. The number of fused-ring (bicyclic) bond motifs is 1. The van der Waals surface area contributed by atoms with Gasteiger partial charge in [-0.3, -0.25) is 0 Å². The Bertz CT molecular complexity index is 371. The number of ether oxygens (including phenoxy) is 1. The van der Waals surface area contributed by atoms with E-state index in [1.54, 1.807) is 7.11 Å². The van der Waals surface area contributed by atoms with Crippen LogP contribution in [0.5, 0.6) is 5.75 Å². The van der Waals surface area contributed by atoms with Crippen molar-refractivity contribution in [3.8, 4) is 5.75 Å². The molecule has 1 aromatic rings. The Morgan fingerprint density at radius 3 is 3.00 bits per heavy atom. The molecule has 0 radical (unpaired) electrons. The van der Waals surface area contributed by atoms with Crippen molar-refractivity contribution in [2.24, 2.45) is 0 Å². The number of methoxy groups -OCH3 is 1. The van der Waals surface area contributed by atoms with E-state index in [0.29, 0.717) is 6.04 Å². The fourth-order valence-electron chi connectivity index (χ4n) is 1.93. The highest BCUT2D eigenvalue weighted by molar-refractivity contribution is 5.57. The van der Waals surface area contributed by atoms with Gasteiger partial charge in [-0.25, -0.2) is 0 Å². The van der Waals surface area contributed by atoms with Gasteiger partial charge in [-0.05, 0) is 30.2 Å². The average Bonchev–Trinajstić information content (AvgIpc) is 2.59. The number of nitrogens with one attached hydrogen (secondary N) is 1. The van der Waals surface area contributed by atoms with Crippen molar-refractivity contribution < 1.29 is 4.74 Å². The number of rotatable bonds is 2. The molecule has 1 atom stereocenters. The second-order valence-corrected chi connectivity index (χ2v) is 3.60. The fraction of sp³-hybridized carbons (Fsp3) is 0.333. The highest BCUT2D eigenvalue weighted by Crippen LogP contribution is 2.33. The van der Waals surface area contributed by atoms with Gasteiger partial charge in [-0.1, -0.05) is 12.7 Å². The van der Waals surface area contributed by atoms with Crippen molar-refractivity contribution in [3.05, 3.63) is 35.4 Å². The maximum Gasteiger partial charge on any atom is 0.124 e. The van der Waals surface area contributed by atoms with E-state index in [9.17, 15) is 0 Å². The molecular weight excluding hydrogens is 174 g/mol. The molecule has 0 aliphatic carbocycles. The second kappa shape index (κ2) is 3.46. The van der Waals surface area contributed by atoms with Gasteiger partial charge in [0.05, 0.1) is 7.11 Å². The van der Waals surface area contributed by atoms with E-state index in [1.807, 2.05) is 12.1 Å². The lowest BCUT2D eigenvalue weighted by atomic mass is 10.0. The number of benzene rings is 1. The Labute approximate surface area is 84.6 Å². The van der Waals surface area contributed by atoms with Crippen LogP contribution in [0.15, 0.2) is 18.7 Å². The smallest absolute Gasteiger partial charge is 0.124 e. The summed E-state index contributed by atoms with van der Waals surface area (Å²) in [6, 6.07) is 4.62. The van der Waals surface area contributed by atoms with E-state index < -0.39 is 0 Å². The van der Waals surface area contributed by atoms with Crippen molar-refractivity contribution in [3.63, 3.8) is 0 Å². The molecule has 0 saturated carbocycles. The zero-order valence-electron chi connectivity index (χ0n) is 8.63. The van der Waals surface area contributed by atoms with Crippen LogP contribution in [0.1, 0.15) is 29.7 Å². The summed E-state index contributed by atoms with van der Waals surface area (Å²) in [6.07, 6.45) is 1.86. The molecule has 1 N–H and O–H groups in total. The summed E-state index contributed by atoms with van der Waals surface area (Å²) in [5, 5.41) is 3.40. The normalized spacial score (nSPS) is 19.1. The molecule has 1 unspecified atom stereocenters. The summed E-state index contributed by atoms with van der Waals surface area (Å²) in [5.74, 6) is 0.967. The Kier molecular flexibility index (Phi) is 2.30. The molecule has 0 spiro atoms. The molecule has 1 aliphatic heterocycles. The van der Waals surface area contributed by atoms with Crippen LogP contribution >= 0.6 is 0 Å². The molecule has 74 valence electrons. The summed E-state index contributed by atoms with van der Waals surface area (Å²) in [4.78, 5) is 0. The summed E-state index contributed by atoms with van der Waals surface area (Å²) in [7, 11) is 1.71. The molecule has 0 saturated heterocycles. The van der Waals surface area contributed by atoms with E-state index >= 15 is 0 Å². The van der Waals surface area contributed by atoms with Crippen LogP contribution in [0, 0.1) is 0 Å². The minimum absolute atomic E-state index is 0.416. The molecular formula is C12H15NO. The van der Waals surface area contributed by atoms with Gasteiger partial charge in [0.1, 0.15) is 5.75 Å². The highest BCUT2D eigenvalue weighted by atomic mass is 16.5. The van der Waals surface area contributed by atoms with Crippen LogP contribution < -0.4 is 10.1 Å². The third-order valence-electron chi connectivity index (χ3n) is 2.77. The third kappa shape index (κ3) is 1.32. The third-order valence-corrected chi connectivity index (χ3v) is 2.77. The average molecular weight is 189 g/mol. The zero-order chi connectivity index (χ0) is 10.1. The molecule has 2 rings (SSSR count). The maximum atomic E-state index is 5.36. The molecule has 0 aromatic heterocycles. The Morgan fingerprint density at radius 1 is 1.57 bits per heavy atom. The van der Waals surface area contributed by atoms with Gasteiger partial charge in [0.25, 0.3) is 0 Å². The number of hydrogen-bond acceptors (Lipinski definition) is 2. The standard InChI is InChI=1S/C12H15NO/c1-4-9-5-10-8(2)13-7-11(10)12(6-9)14-3/h4-6,8,13H,1,7H2,2-3H3. The second-order valence-electron chi connectivity index (χ2n) is 3.60. The van der Waals surface area contributed by atoms with Gasteiger partial charge >= 0.3 is 0 Å². The molecule has 0 bridgehead atoms. The Hall–Kier alpha value is -1.28. The molecule has 1 aliphatic rings. The lowest BCUT2D eigenvalue weighted by Gasteiger charge is -2.09. The SMILES string of the molecule is C=Cc1cc(OC)c2c(c1)C(C)NC2. The predicted molar refractivity (Wildman–Crippen MR) is 58.3 cm³/mol. The van der Waals surface area contributed by atoms with Crippen molar-refractivity contribution in [1.29, 1.82) is 0 Å². The van der Waals surface area contributed by atoms with E-state index in [4.69, 9.17) is 4.74 Å². The monoisotopic (exact) mass is 189 g/mol. The summed E-state index contributed by atoms with van der Waals surface area (Å²) in [5.41, 5.74) is 3.74. The first kappa shape index (κ1) is 9.28. The first-order valence-corrected chi connectivity index (χ1v) is 4.83. The predicted octanol–water partition coefficient (Wildman–Crippen LogP) is 2.50. The van der Waals surface area contributed by atoms with Gasteiger partial charge < -0.3 is 10.1 Å². The van der Waals surface area contributed by atoms with E-state index in [2.05, 4.69) is 24.9 Å². The van der Waals surface area contributed by atoms with Crippen LogP contribution in [0.4, 0.5) is 0 Å². The van der Waals surface area contributed by atoms with Gasteiger partial charge in [-0.15, -0.1) is 0 Å². The maximum absolute atomic E-state index is 5.36. The first-order chi connectivity index (χ1) is 6.76. The van der Waals surface area contributed by atoms with Gasteiger partial charge in [0, 0.05) is 18.2 Å². The zero-order valence-corrected chi connectivity index (χ0v) is 8.63. The molecule has 2 nitrogen and oxygen atoms in total. The highest BCUT2D eigenvalue weighted by Gasteiger charge is 2.21. The Balaban J connectivity index is 2.58. The lowest BCUT2D eigenvalue weighted by molar-refractivity contribution is 0.409. The topological polar surface area (TPSA) is 21.3 Å². The van der Waals surface area contributed by atoms with Crippen LogP contribution in [0.2, 0.25) is 0 Å². The van der Waals surface area contributed by atoms with Crippen molar-refractivity contribution in [2.75, 3.05) is 7.11 Å². The molecule has 14 heavy (non-hydrogen) atoms. The summed E-state index contributed by atoms with van der Waals surface area (Å²) in [6.45, 7) is 6.85. The van der Waals surface area contributed by atoms with Crippen LogP contribution in [-0.2, 0) is 6.54 Å². The van der Waals surface area contributed by atoms with Gasteiger partial charge in [-0.2, -0.15) is 0 Å². The minimum Gasteiger partial charge on any atom is -0.496 e. The lowest BCUT2D eigenvalue weighted by Crippen LogP contribution is -2.07. The van der Waals surface area contributed by atoms with E-state index in [0.717, 1.165) is 17.9 Å². The summed E-state index contributed by atoms with van der Waals surface area (Å²) >= 11 is 0. The largest absolute Gasteiger partial charge is 0.496 e. The molecule has 2 heteroatoms. The summed E-state index contributed by atoms with van der Waals surface area (Å²) < 4.78 is 5.36. The van der Waals surface area contributed by atoms with Crippen molar-refractivity contribution in [1.82, 2.24) is 5.32 Å². The first-order valence-electron chi connectivity index (χ1n) is 4.83. The van der Waals surface area contributed by atoms with Crippen molar-refractivity contribution >= 4 is 6.08 Å². The molecule has 0 fully saturated rings. The van der Waals surface area contributed by atoms with Crippen molar-refractivity contribution in [2.45, 2.75) is 19.5 Å². The van der Waals surface area contributed by atoms with Gasteiger partial charge in [0.15, 0.2) is 0 Å². The van der Waals surface area contributed by atoms with Crippen LogP contribution in [0.3, 0.4) is 0 Å². The number of hydrogen-bond donors (Lipinski definition) is 1. The quantitative estimate of drug-likeness (QED) is 0.771. The van der Waals surface area contributed by atoms with Crippen LogP contribution in [0.25, 0.3) is 6.08 Å².